The molecule has 0 atom stereocenters. The first-order valence-corrected chi connectivity index (χ1v) is 10.8. The van der Waals surface area contributed by atoms with E-state index in [9.17, 15) is 14.0 Å². The van der Waals surface area contributed by atoms with Gasteiger partial charge in [0.25, 0.3) is 5.91 Å². The molecule has 1 saturated carbocycles. The van der Waals surface area contributed by atoms with Gasteiger partial charge in [-0.1, -0.05) is 18.6 Å². The Morgan fingerprint density at radius 2 is 1.93 bits per heavy atom. The van der Waals surface area contributed by atoms with E-state index in [1.165, 1.54) is 12.1 Å². The van der Waals surface area contributed by atoms with Crippen molar-refractivity contribution in [2.24, 2.45) is 5.92 Å². The van der Waals surface area contributed by atoms with Crippen LogP contribution in [-0.2, 0) is 11.3 Å². The van der Waals surface area contributed by atoms with Crippen molar-refractivity contribution in [2.45, 2.75) is 44.6 Å². The second kappa shape index (κ2) is 8.39. The summed E-state index contributed by atoms with van der Waals surface area (Å²) in [4.78, 5) is 30.9. The zero-order chi connectivity index (χ0) is 19.5. The number of nitrogens with one attached hydrogen (secondary N) is 1. The summed E-state index contributed by atoms with van der Waals surface area (Å²) in [5.74, 6) is -0.0702. The van der Waals surface area contributed by atoms with Gasteiger partial charge >= 0.3 is 0 Å². The lowest BCUT2D eigenvalue weighted by Gasteiger charge is -2.31. The van der Waals surface area contributed by atoms with Gasteiger partial charge in [0.15, 0.2) is 0 Å². The molecule has 1 aliphatic carbocycles. The van der Waals surface area contributed by atoms with Crippen molar-refractivity contribution in [3.05, 3.63) is 51.7 Å². The van der Waals surface area contributed by atoms with Crippen molar-refractivity contribution in [3.63, 3.8) is 0 Å². The molecule has 1 aromatic heterocycles. The molecule has 1 saturated heterocycles. The lowest BCUT2D eigenvalue weighted by atomic mass is 9.85. The summed E-state index contributed by atoms with van der Waals surface area (Å²) >= 11 is 1.62. The van der Waals surface area contributed by atoms with Gasteiger partial charge in [0.2, 0.25) is 5.91 Å². The van der Waals surface area contributed by atoms with Gasteiger partial charge in [0.1, 0.15) is 5.82 Å². The summed E-state index contributed by atoms with van der Waals surface area (Å²) in [7, 11) is 0. The van der Waals surface area contributed by atoms with E-state index in [4.69, 9.17) is 4.98 Å². The average molecular weight is 402 g/mol. The minimum Gasteiger partial charge on any atom is -0.350 e. The molecule has 0 bridgehead atoms. The topological polar surface area (TPSA) is 62.3 Å². The molecule has 2 heterocycles. The number of nitrogens with zero attached hydrogens (tertiary/aromatic N) is 2. The van der Waals surface area contributed by atoms with Gasteiger partial charge in [-0.2, -0.15) is 0 Å². The van der Waals surface area contributed by atoms with Crippen LogP contribution in [-0.4, -0.2) is 34.8 Å². The Morgan fingerprint density at radius 3 is 2.61 bits per heavy atom. The quantitative estimate of drug-likeness (QED) is 0.831. The Hall–Kier alpha value is -2.28. The van der Waals surface area contributed by atoms with Crippen molar-refractivity contribution in [3.8, 4) is 0 Å². The normalized spacial score (nSPS) is 18.0. The minimum absolute atomic E-state index is 0.139. The van der Waals surface area contributed by atoms with Crippen LogP contribution in [0, 0.1) is 11.7 Å². The standard InChI is InChI=1S/C21H24FN3O2S/c22-18-7-2-1-6-17(18)21(27)25-10-8-15(9-11-25)20-24-16(13-28-20)12-23-19(26)14-4-3-5-14/h1-2,6-7,13-15H,3-5,8-12H2,(H,23,26). The first-order chi connectivity index (χ1) is 13.6. The molecule has 2 aliphatic rings. The van der Waals surface area contributed by atoms with Gasteiger partial charge in [-0.25, -0.2) is 9.37 Å². The highest BCUT2D eigenvalue weighted by molar-refractivity contribution is 7.09. The van der Waals surface area contributed by atoms with Crippen molar-refractivity contribution in [1.82, 2.24) is 15.2 Å². The van der Waals surface area contributed by atoms with Crippen molar-refractivity contribution < 1.29 is 14.0 Å². The van der Waals surface area contributed by atoms with Crippen LogP contribution in [0.3, 0.4) is 0 Å². The van der Waals surface area contributed by atoms with Gasteiger partial charge in [-0.05, 0) is 37.8 Å². The second-order valence-electron chi connectivity index (χ2n) is 7.57. The highest BCUT2D eigenvalue weighted by Crippen LogP contribution is 2.31. The lowest BCUT2D eigenvalue weighted by molar-refractivity contribution is -0.127. The maximum Gasteiger partial charge on any atom is 0.256 e. The van der Waals surface area contributed by atoms with E-state index in [0.717, 1.165) is 42.8 Å². The molecule has 0 unspecified atom stereocenters. The smallest absolute Gasteiger partial charge is 0.256 e. The van der Waals surface area contributed by atoms with Crippen LogP contribution in [0.1, 0.15) is 59.1 Å². The molecule has 1 N–H and O–H groups in total. The highest BCUT2D eigenvalue weighted by Gasteiger charge is 2.28. The monoisotopic (exact) mass is 401 g/mol. The summed E-state index contributed by atoms with van der Waals surface area (Å²) in [6, 6.07) is 6.13. The largest absolute Gasteiger partial charge is 0.350 e. The molecule has 5 nitrogen and oxygen atoms in total. The SMILES string of the molecule is O=C(NCc1csc(C2CCN(C(=O)c3ccccc3F)CC2)n1)C1CCC1. The van der Waals surface area contributed by atoms with Gasteiger partial charge in [-0.3, -0.25) is 9.59 Å². The molecule has 1 aliphatic heterocycles. The number of benzene rings is 1. The van der Waals surface area contributed by atoms with Crippen molar-refractivity contribution >= 4 is 23.2 Å². The fraction of sp³-hybridized carbons (Fsp3) is 0.476. The Balaban J connectivity index is 1.29. The Morgan fingerprint density at radius 1 is 1.18 bits per heavy atom. The van der Waals surface area contributed by atoms with Crippen LogP contribution < -0.4 is 5.32 Å². The molecule has 4 rings (SSSR count). The van der Waals surface area contributed by atoms with Crippen LogP contribution in [0.5, 0.6) is 0 Å². The number of hydrogen-bond acceptors (Lipinski definition) is 4. The molecule has 2 aromatic rings. The summed E-state index contributed by atoms with van der Waals surface area (Å²) in [6.07, 6.45) is 4.79. The molecular weight excluding hydrogens is 377 g/mol. The maximum absolute atomic E-state index is 13.9. The number of likely N-dealkylation sites (tertiary alicyclic amines) is 1. The van der Waals surface area contributed by atoms with Gasteiger partial charge in [0.05, 0.1) is 22.8 Å². The molecule has 1 aromatic carbocycles. The predicted octanol–water partition coefficient (Wildman–Crippen LogP) is 3.72. The predicted molar refractivity (Wildman–Crippen MR) is 106 cm³/mol. The number of halogens is 1. The van der Waals surface area contributed by atoms with E-state index < -0.39 is 5.82 Å². The van der Waals surface area contributed by atoms with Crippen LogP contribution in [0.2, 0.25) is 0 Å². The van der Waals surface area contributed by atoms with E-state index in [-0.39, 0.29) is 23.3 Å². The molecular formula is C21H24FN3O2S. The third-order valence-electron chi connectivity index (χ3n) is 5.72. The Kier molecular flexibility index (Phi) is 5.71. The highest BCUT2D eigenvalue weighted by atomic mass is 32.1. The second-order valence-corrected chi connectivity index (χ2v) is 8.46. The summed E-state index contributed by atoms with van der Waals surface area (Å²) in [6.45, 7) is 1.69. The van der Waals surface area contributed by atoms with Gasteiger partial charge in [-0.15, -0.1) is 11.3 Å². The van der Waals surface area contributed by atoms with Crippen LogP contribution in [0.25, 0.3) is 0 Å². The van der Waals surface area contributed by atoms with Crippen LogP contribution in [0.4, 0.5) is 4.39 Å². The number of aromatic nitrogens is 1. The number of thiazole rings is 1. The summed E-state index contributed by atoms with van der Waals surface area (Å²) in [5, 5.41) is 6.05. The summed E-state index contributed by atoms with van der Waals surface area (Å²) in [5.41, 5.74) is 1.04. The number of rotatable bonds is 5. The van der Waals surface area contributed by atoms with E-state index in [0.29, 0.717) is 25.6 Å². The first kappa shape index (κ1) is 19.1. The number of piperidine rings is 1. The molecule has 0 radical (unpaired) electrons. The molecule has 2 fully saturated rings. The third kappa shape index (κ3) is 4.09. The van der Waals surface area contributed by atoms with E-state index in [1.54, 1.807) is 28.4 Å². The molecule has 0 spiro atoms. The molecule has 2 amide bonds. The molecule has 7 heteroatoms. The van der Waals surface area contributed by atoms with Crippen molar-refractivity contribution in [2.75, 3.05) is 13.1 Å². The first-order valence-electron chi connectivity index (χ1n) is 9.87. The molecule has 28 heavy (non-hydrogen) atoms. The fourth-order valence-corrected chi connectivity index (χ4v) is 4.71. The lowest BCUT2D eigenvalue weighted by Crippen LogP contribution is -2.38. The summed E-state index contributed by atoms with van der Waals surface area (Å²) < 4.78 is 13.9. The Labute approximate surface area is 168 Å². The van der Waals surface area contributed by atoms with E-state index in [1.807, 2.05) is 5.38 Å². The number of hydrogen-bond donors (Lipinski definition) is 1. The number of carbonyl (C=O) groups is 2. The average Bonchev–Trinajstić information content (AvgIpc) is 3.14. The zero-order valence-electron chi connectivity index (χ0n) is 15.7. The minimum atomic E-state index is -0.469. The number of amides is 2. The third-order valence-corrected chi connectivity index (χ3v) is 6.78. The van der Waals surface area contributed by atoms with Gasteiger partial charge in [0, 0.05) is 30.3 Å². The van der Waals surface area contributed by atoms with Crippen molar-refractivity contribution in [1.29, 1.82) is 0 Å². The van der Waals surface area contributed by atoms with Gasteiger partial charge < -0.3 is 10.2 Å². The van der Waals surface area contributed by atoms with Crippen LogP contribution >= 0.6 is 11.3 Å². The van der Waals surface area contributed by atoms with E-state index in [2.05, 4.69) is 5.32 Å². The number of carbonyl (C=O) groups excluding carboxylic acids is 2. The fourth-order valence-electron chi connectivity index (χ4n) is 3.72. The Bertz CT molecular complexity index is 857. The van der Waals surface area contributed by atoms with Crippen LogP contribution in [0.15, 0.2) is 29.6 Å². The molecule has 148 valence electrons. The maximum atomic E-state index is 13.9. The van der Waals surface area contributed by atoms with E-state index >= 15 is 0 Å². The zero-order valence-corrected chi connectivity index (χ0v) is 16.5.